The number of benzene rings is 1. The van der Waals surface area contributed by atoms with E-state index in [0.717, 1.165) is 49.4 Å². The maximum Gasteiger partial charge on any atom is 0.254 e. The molecule has 1 saturated heterocycles. The highest BCUT2D eigenvalue weighted by molar-refractivity contribution is 5.96. The molecular formula is C20H26N6O. The second-order valence-corrected chi connectivity index (χ2v) is 7.29. The average Bonchev–Trinajstić information content (AvgIpc) is 3.15. The first-order valence-corrected chi connectivity index (χ1v) is 9.52. The van der Waals surface area contributed by atoms with Gasteiger partial charge in [0, 0.05) is 31.9 Å². The minimum Gasteiger partial charge on any atom is -0.336 e. The van der Waals surface area contributed by atoms with E-state index >= 15 is 0 Å². The standard InChI is InChI=1S/C20H26N6O/c1-4-15-5-7-16(8-6-15)18-17(14(2)23-20-21-13-22-26(18)20)19(27)25-11-9-24(3)10-12-25/h5-8,13,18H,4,9-12H2,1-3H3,(H,21,22,23)/t18-/m0/s1. The van der Waals surface area contributed by atoms with E-state index in [9.17, 15) is 4.79 Å². The minimum absolute atomic E-state index is 0.0822. The highest BCUT2D eigenvalue weighted by Crippen LogP contribution is 2.35. The van der Waals surface area contributed by atoms with Gasteiger partial charge in [-0.15, -0.1) is 0 Å². The molecule has 7 heteroatoms. The van der Waals surface area contributed by atoms with Crippen molar-refractivity contribution in [3.8, 4) is 0 Å². The highest BCUT2D eigenvalue weighted by atomic mass is 16.2. The number of anilines is 1. The number of likely N-dealkylation sites (N-methyl/N-ethyl adjacent to an activating group) is 1. The molecule has 0 spiro atoms. The van der Waals surface area contributed by atoms with Crippen LogP contribution >= 0.6 is 0 Å². The third-order valence-corrected chi connectivity index (χ3v) is 5.52. The van der Waals surface area contributed by atoms with Crippen molar-refractivity contribution in [2.45, 2.75) is 26.3 Å². The summed E-state index contributed by atoms with van der Waals surface area (Å²) in [4.78, 5) is 22.0. The molecule has 0 aliphatic carbocycles. The quantitative estimate of drug-likeness (QED) is 0.899. The molecule has 142 valence electrons. The van der Waals surface area contributed by atoms with E-state index in [0.29, 0.717) is 5.95 Å². The molecule has 0 bridgehead atoms. The molecule has 0 unspecified atom stereocenters. The largest absolute Gasteiger partial charge is 0.336 e. The lowest BCUT2D eigenvalue weighted by Crippen LogP contribution is -2.49. The Morgan fingerprint density at radius 2 is 1.89 bits per heavy atom. The van der Waals surface area contributed by atoms with E-state index in [2.05, 4.69) is 58.5 Å². The Hall–Kier alpha value is -2.67. The van der Waals surface area contributed by atoms with Crippen LogP contribution in [0.15, 0.2) is 41.9 Å². The number of aromatic nitrogens is 3. The summed E-state index contributed by atoms with van der Waals surface area (Å²) in [5, 5.41) is 7.66. The third-order valence-electron chi connectivity index (χ3n) is 5.52. The minimum atomic E-state index is -0.262. The first kappa shape index (κ1) is 17.7. The third kappa shape index (κ3) is 3.23. The predicted molar refractivity (Wildman–Crippen MR) is 104 cm³/mol. The van der Waals surface area contributed by atoms with Gasteiger partial charge in [0.2, 0.25) is 5.95 Å². The SMILES string of the molecule is CCc1ccc([C@H]2C(C(=O)N3CCN(C)CC3)=C(C)Nc3ncnn32)cc1. The normalized spacial score (nSPS) is 20.4. The molecule has 4 rings (SSSR count). The van der Waals surface area contributed by atoms with Crippen LogP contribution in [0.3, 0.4) is 0 Å². The van der Waals surface area contributed by atoms with Crippen LogP contribution in [-0.4, -0.2) is 63.7 Å². The summed E-state index contributed by atoms with van der Waals surface area (Å²) in [6.45, 7) is 7.39. The molecule has 1 amide bonds. The van der Waals surface area contributed by atoms with Gasteiger partial charge in [0.15, 0.2) is 0 Å². The molecule has 1 aromatic heterocycles. The zero-order chi connectivity index (χ0) is 19.0. The Morgan fingerprint density at radius 3 is 2.56 bits per heavy atom. The molecular weight excluding hydrogens is 340 g/mol. The zero-order valence-corrected chi connectivity index (χ0v) is 16.1. The van der Waals surface area contributed by atoms with Crippen molar-refractivity contribution in [2.24, 2.45) is 0 Å². The lowest BCUT2D eigenvalue weighted by Gasteiger charge is -2.36. The summed E-state index contributed by atoms with van der Waals surface area (Å²) in [5.41, 5.74) is 3.93. The van der Waals surface area contributed by atoms with Gasteiger partial charge in [0.1, 0.15) is 12.4 Å². The fraction of sp³-hybridized carbons (Fsp3) is 0.450. The van der Waals surface area contributed by atoms with Crippen LogP contribution in [0.25, 0.3) is 0 Å². The van der Waals surface area contributed by atoms with E-state index in [-0.39, 0.29) is 11.9 Å². The Kier molecular flexibility index (Phi) is 4.70. The molecule has 1 N–H and O–H groups in total. The number of nitrogens with zero attached hydrogens (tertiary/aromatic N) is 5. The molecule has 7 nitrogen and oxygen atoms in total. The van der Waals surface area contributed by atoms with Gasteiger partial charge in [-0.25, -0.2) is 4.68 Å². The molecule has 2 aromatic rings. The van der Waals surface area contributed by atoms with Gasteiger partial charge in [0.25, 0.3) is 5.91 Å². The molecule has 3 heterocycles. The molecule has 0 radical (unpaired) electrons. The van der Waals surface area contributed by atoms with Gasteiger partial charge in [-0.1, -0.05) is 31.2 Å². The average molecular weight is 366 g/mol. The zero-order valence-electron chi connectivity index (χ0n) is 16.1. The van der Waals surface area contributed by atoms with E-state index in [1.165, 1.54) is 11.9 Å². The molecule has 1 aromatic carbocycles. The molecule has 27 heavy (non-hydrogen) atoms. The molecule has 0 saturated carbocycles. The number of piperazine rings is 1. The summed E-state index contributed by atoms with van der Waals surface area (Å²) < 4.78 is 1.82. The summed E-state index contributed by atoms with van der Waals surface area (Å²) in [7, 11) is 2.09. The van der Waals surface area contributed by atoms with Crippen LogP contribution in [0.4, 0.5) is 5.95 Å². The number of nitrogens with one attached hydrogen (secondary N) is 1. The number of amides is 1. The van der Waals surface area contributed by atoms with Crippen LogP contribution < -0.4 is 5.32 Å². The van der Waals surface area contributed by atoms with Gasteiger partial charge in [-0.05, 0) is 31.5 Å². The number of carbonyl (C=O) groups is 1. The van der Waals surface area contributed by atoms with E-state index in [1.54, 1.807) is 0 Å². The molecule has 2 aliphatic rings. The van der Waals surface area contributed by atoms with E-state index < -0.39 is 0 Å². The van der Waals surface area contributed by atoms with Crippen LogP contribution in [0.5, 0.6) is 0 Å². The van der Waals surface area contributed by atoms with Crippen LogP contribution in [-0.2, 0) is 11.2 Å². The number of hydrogen-bond acceptors (Lipinski definition) is 5. The number of rotatable bonds is 3. The second kappa shape index (κ2) is 7.15. The Balaban J connectivity index is 1.73. The van der Waals surface area contributed by atoms with Crippen molar-refractivity contribution < 1.29 is 4.79 Å². The Bertz CT molecular complexity index is 861. The number of aryl methyl sites for hydroxylation is 1. The predicted octanol–water partition coefficient (Wildman–Crippen LogP) is 1.90. The second-order valence-electron chi connectivity index (χ2n) is 7.29. The summed E-state index contributed by atoms with van der Waals surface area (Å²) in [6.07, 6.45) is 2.52. The first-order chi connectivity index (χ1) is 13.1. The number of allylic oxidation sites excluding steroid dienone is 1. The van der Waals surface area contributed by atoms with Gasteiger partial charge in [0.05, 0.1) is 5.57 Å². The Morgan fingerprint density at radius 1 is 1.19 bits per heavy atom. The number of carbonyl (C=O) groups excluding carboxylic acids is 1. The van der Waals surface area contributed by atoms with Crippen LogP contribution in [0.1, 0.15) is 31.0 Å². The fourth-order valence-corrected chi connectivity index (χ4v) is 3.79. The maximum atomic E-state index is 13.5. The van der Waals surface area contributed by atoms with Crippen LogP contribution in [0, 0.1) is 0 Å². The number of hydrogen-bond donors (Lipinski definition) is 1. The lowest BCUT2D eigenvalue weighted by atomic mass is 9.93. The summed E-state index contributed by atoms with van der Waals surface area (Å²) in [6, 6.07) is 8.19. The van der Waals surface area contributed by atoms with Crippen molar-refractivity contribution in [2.75, 3.05) is 38.5 Å². The van der Waals surface area contributed by atoms with Gasteiger partial charge in [-0.3, -0.25) is 4.79 Å². The number of fused-ring (bicyclic) bond motifs is 1. The molecule has 1 atom stereocenters. The van der Waals surface area contributed by atoms with Gasteiger partial charge in [-0.2, -0.15) is 10.1 Å². The fourth-order valence-electron chi connectivity index (χ4n) is 3.79. The van der Waals surface area contributed by atoms with Crippen LogP contribution in [0.2, 0.25) is 0 Å². The highest BCUT2D eigenvalue weighted by Gasteiger charge is 2.36. The first-order valence-electron chi connectivity index (χ1n) is 9.52. The van der Waals surface area contributed by atoms with E-state index in [1.807, 2.05) is 16.5 Å². The Labute approximate surface area is 159 Å². The lowest BCUT2D eigenvalue weighted by molar-refractivity contribution is -0.129. The van der Waals surface area contributed by atoms with E-state index in [4.69, 9.17) is 0 Å². The molecule has 1 fully saturated rings. The summed E-state index contributed by atoms with van der Waals surface area (Å²) >= 11 is 0. The monoisotopic (exact) mass is 366 g/mol. The van der Waals surface area contributed by atoms with Crippen molar-refractivity contribution in [1.82, 2.24) is 24.6 Å². The van der Waals surface area contributed by atoms with Crippen molar-refractivity contribution in [3.05, 3.63) is 53.0 Å². The molecule has 2 aliphatic heterocycles. The smallest absolute Gasteiger partial charge is 0.254 e. The van der Waals surface area contributed by atoms with Crippen molar-refractivity contribution in [1.29, 1.82) is 0 Å². The maximum absolute atomic E-state index is 13.5. The topological polar surface area (TPSA) is 66.3 Å². The van der Waals surface area contributed by atoms with Gasteiger partial charge >= 0.3 is 0 Å². The van der Waals surface area contributed by atoms with Crippen molar-refractivity contribution >= 4 is 11.9 Å². The van der Waals surface area contributed by atoms with Crippen molar-refractivity contribution in [3.63, 3.8) is 0 Å². The summed E-state index contributed by atoms with van der Waals surface area (Å²) in [5.74, 6) is 0.755. The van der Waals surface area contributed by atoms with Gasteiger partial charge < -0.3 is 15.1 Å².